The van der Waals surface area contributed by atoms with E-state index in [0.717, 1.165) is 31.5 Å². The maximum Gasteiger partial charge on any atom is 0.257 e. The molecule has 7 heteroatoms. The molecule has 1 aromatic carbocycles. The van der Waals surface area contributed by atoms with Crippen LogP contribution in [0.3, 0.4) is 0 Å². The topological polar surface area (TPSA) is 63.9 Å². The molecule has 1 saturated heterocycles. The molecule has 6 nitrogen and oxygen atoms in total. The molecule has 2 aromatic rings. The minimum atomic E-state index is 0.0326. The van der Waals surface area contributed by atoms with Gasteiger partial charge in [-0.3, -0.25) is 4.79 Å². The van der Waals surface area contributed by atoms with Gasteiger partial charge in [0, 0.05) is 25.7 Å². The summed E-state index contributed by atoms with van der Waals surface area (Å²) >= 11 is 6.33. The van der Waals surface area contributed by atoms with Gasteiger partial charge in [0.25, 0.3) is 5.91 Å². The van der Waals surface area contributed by atoms with Crippen LogP contribution in [0.25, 0.3) is 0 Å². The van der Waals surface area contributed by atoms with Crippen molar-refractivity contribution in [2.75, 3.05) is 26.8 Å². The van der Waals surface area contributed by atoms with Gasteiger partial charge in [-0.05, 0) is 43.5 Å². The van der Waals surface area contributed by atoms with E-state index in [1.165, 1.54) is 12.5 Å². The lowest BCUT2D eigenvalue weighted by Crippen LogP contribution is -2.44. The first-order valence-corrected chi connectivity index (χ1v) is 9.54. The summed E-state index contributed by atoms with van der Waals surface area (Å²) < 4.78 is 15.9. The Labute approximate surface area is 164 Å². The Kier molecular flexibility index (Phi) is 6.63. The lowest BCUT2D eigenvalue weighted by molar-refractivity contribution is 0.0704. The van der Waals surface area contributed by atoms with E-state index in [-0.39, 0.29) is 5.91 Å². The van der Waals surface area contributed by atoms with E-state index in [1.54, 1.807) is 13.2 Å². The minimum absolute atomic E-state index is 0.0326. The van der Waals surface area contributed by atoms with Crippen LogP contribution in [0.2, 0.25) is 5.02 Å². The first kappa shape index (κ1) is 19.6. The number of likely N-dealkylation sites (tertiary alicyclic amines) is 1. The number of methoxy groups -OCH3 is 1. The standard InChI is InChI=1S/C20H25ClN2O4/c1-3-27-19-17(21)10-14(11-18(19)25-2)12-22-16-4-7-23(8-5-16)20(24)15-6-9-26-13-15/h6,9-11,13,16,22H,3-5,7-8,12H2,1-2H3. The zero-order chi connectivity index (χ0) is 19.2. The highest BCUT2D eigenvalue weighted by Crippen LogP contribution is 2.36. The molecule has 0 unspecified atom stereocenters. The molecule has 0 radical (unpaired) electrons. The lowest BCUT2D eigenvalue weighted by Gasteiger charge is -2.32. The van der Waals surface area contributed by atoms with Gasteiger partial charge in [-0.25, -0.2) is 0 Å². The SMILES string of the molecule is CCOc1c(Cl)cc(CNC2CCN(C(=O)c3ccoc3)CC2)cc1OC. The van der Waals surface area contributed by atoms with Crippen molar-refractivity contribution in [1.29, 1.82) is 0 Å². The van der Waals surface area contributed by atoms with Gasteiger partial charge >= 0.3 is 0 Å². The highest BCUT2D eigenvalue weighted by Gasteiger charge is 2.24. The third-order valence-electron chi connectivity index (χ3n) is 4.72. The van der Waals surface area contributed by atoms with Crippen LogP contribution in [0, 0.1) is 0 Å². The van der Waals surface area contributed by atoms with E-state index in [4.69, 9.17) is 25.5 Å². The van der Waals surface area contributed by atoms with Crippen molar-refractivity contribution in [2.24, 2.45) is 0 Å². The van der Waals surface area contributed by atoms with Crippen LogP contribution in [0.4, 0.5) is 0 Å². The maximum absolute atomic E-state index is 12.3. The second-order valence-corrected chi connectivity index (χ2v) is 6.91. The molecule has 1 fully saturated rings. The third-order valence-corrected chi connectivity index (χ3v) is 5.00. The first-order valence-electron chi connectivity index (χ1n) is 9.16. The monoisotopic (exact) mass is 392 g/mol. The summed E-state index contributed by atoms with van der Waals surface area (Å²) in [4.78, 5) is 14.2. The number of halogens is 1. The number of nitrogens with zero attached hydrogens (tertiary/aromatic N) is 1. The van der Waals surface area contributed by atoms with E-state index < -0.39 is 0 Å². The molecule has 1 amide bonds. The van der Waals surface area contributed by atoms with Crippen LogP contribution in [0.15, 0.2) is 35.1 Å². The highest BCUT2D eigenvalue weighted by molar-refractivity contribution is 6.32. The van der Waals surface area contributed by atoms with E-state index in [0.29, 0.717) is 41.3 Å². The van der Waals surface area contributed by atoms with Gasteiger partial charge in [0.15, 0.2) is 11.5 Å². The molecule has 1 aliphatic rings. The summed E-state index contributed by atoms with van der Waals surface area (Å²) in [5.74, 6) is 1.25. The summed E-state index contributed by atoms with van der Waals surface area (Å²) in [7, 11) is 1.61. The Hall–Kier alpha value is -2.18. The summed E-state index contributed by atoms with van der Waals surface area (Å²) in [6.45, 7) is 4.59. The molecular weight excluding hydrogens is 368 g/mol. The second-order valence-electron chi connectivity index (χ2n) is 6.50. The van der Waals surface area contributed by atoms with Crippen LogP contribution >= 0.6 is 11.6 Å². The summed E-state index contributed by atoms with van der Waals surface area (Å²) in [6.07, 6.45) is 4.84. The van der Waals surface area contributed by atoms with Crippen molar-refractivity contribution < 1.29 is 18.7 Å². The number of hydrogen-bond acceptors (Lipinski definition) is 5. The molecule has 1 aliphatic heterocycles. The summed E-state index contributed by atoms with van der Waals surface area (Å²) in [6, 6.07) is 5.91. The first-order chi connectivity index (χ1) is 13.1. The van der Waals surface area contributed by atoms with Gasteiger partial charge in [0.05, 0.1) is 30.6 Å². The molecule has 1 N–H and O–H groups in total. The van der Waals surface area contributed by atoms with Crippen LogP contribution < -0.4 is 14.8 Å². The Bertz CT molecular complexity index is 756. The third kappa shape index (κ3) is 4.76. The maximum atomic E-state index is 12.3. The van der Waals surface area contributed by atoms with Crippen LogP contribution in [-0.2, 0) is 6.54 Å². The summed E-state index contributed by atoms with van der Waals surface area (Å²) in [5.41, 5.74) is 1.65. The predicted molar refractivity (Wildman–Crippen MR) is 104 cm³/mol. The molecule has 146 valence electrons. The normalized spacial score (nSPS) is 15.0. The van der Waals surface area contributed by atoms with E-state index in [9.17, 15) is 4.79 Å². The quantitative estimate of drug-likeness (QED) is 0.777. The second kappa shape index (κ2) is 9.15. The van der Waals surface area contributed by atoms with Crippen LogP contribution in [0.5, 0.6) is 11.5 Å². The van der Waals surface area contributed by atoms with Gasteiger partial charge in [0.2, 0.25) is 0 Å². The number of nitrogens with one attached hydrogen (secondary N) is 1. The summed E-state index contributed by atoms with van der Waals surface area (Å²) in [5, 5.41) is 4.10. The van der Waals surface area contributed by atoms with Crippen molar-refractivity contribution in [2.45, 2.75) is 32.4 Å². The fourth-order valence-corrected chi connectivity index (χ4v) is 3.57. The fourth-order valence-electron chi connectivity index (χ4n) is 3.28. The molecular formula is C20H25ClN2O4. The number of amides is 1. The molecule has 0 atom stereocenters. The molecule has 2 heterocycles. The van der Waals surface area contributed by atoms with Gasteiger partial charge in [0.1, 0.15) is 6.26 Å². The van der Waals surface area contributed by atoms with Crippen molar-refractivity contribution in [1.82, 2.24) is 10.2 Å². The van der Waals surface area contributed by atoms with E-state index in [2.05, 4.69) is 5.32 Å². The van der Waals surface area contributed by atoms with Gasteiger partial charge in [-0.1, -0.05) is 11.6 Å². The Balaban J connectivity index is 1.53. The van der Waals surface area contributed by atoms with Crippen LogP contribution in [-0.4, -0.2) is 43.7 Å². The Morgan fingerprint density at radius 1 is 1.37 bits per heavy atom. The molecule has 27 heavy (non-hydrogen) atoms. The highest BCUT2D eigenvalue weighted by atomic mass is 35.5. The van der Waals surface area contributed by atoms with Gasteiger partial charge in [-0.15, -0.1) is 0 Å². The fraction of sp³-hybridized carbons (Fsp3) is 0.450. The Morgan fingerprint density at radius 2 is 2.15 bits per heavy atom. The smallest absolute Gasteiger partial charge is 0.257 e. The number of carbonyl (C=O) groups excluding carboxylic acids is 1. The zero-order valence-electron chi connectivity index (χ0n) is 15.7. The molecule has 0 saturated carbocycles. The minimum Gasteiger partial charge on any atom is -0.493 e. The molecule has 0 spiro atoms. The van der Waals surface area contributed by atoms with Crippen LogP contribution in [0.1, 0.15) is 35.7 Å². The number of benzene rings is 1. The molecule has 0 bridgehead atoms. The number of carbonyl (C=O) groups is 1. The zero-order valence-corrected chi connectivity index (χ0v) is 16.4. The largest absolute Gasteiger partial charge is 0.493 e. The predicted octanol–water partition coefficient (Wildman–Crippen LogP) is 3.73. The Morgan fingerprint density at radius 3 is 2.78 bits per heavy atom. The average molecular weight is 393 g/mol. The number of ether oxygens (including phenoxy) is 2. The molecule has 1 aromatic heterocycles. The van der Waals surface area contributed by atoms with Crippen molar-refractivity contribution in [3.05, 3.63) is 46.9 Å². The van der Waals surface area contributed by atoms with Gasteiger partial charge in [-0.2, -0.15) is 0 Å². The number of piperidine rings is 1. The number of furan rings is 1. The van der Waals surface area contributed by atoms with E-state index in [1.807, 2.05) is 24.0 Å². The molecule has 3 rings (SSSR count). The van der Waals surface area contributed by atoms with Crippen molar-refractivity contribution >= 4 is 17.5 Å². The van der Waals surface area contributed by atoms with Crippen molar-refractivity contribution in [3.63, 3.8) is 0 Å². The lowest BCUT2D eigenvalue weighted by atomic mass is 10.0. The van der Waals surface area contributed by atoms with Gasteiger partial charge < -0.3 is 24.1 Å². The molecule has 0 aliphatic carbocycles. The average Bonchev–Trinajstić information content (AvgIpc) is 3.23. The van der Waals surface area contributed by atoms with Crippen molar-refractivity contribution in [3.8, 4) is 11.5 Å². The van der Waals surface area contributed by atoms with E-state index >= 15 is 0 Å². The number of hydrogen-bond donors (Lipinski definition) is 1. The number of rotatable bonds is 7.